The standard InChI is InChI=1S/C11H10ClNO4/c1-15-7-2-3-8-9(6-16-10(8)4-7)13-17-11(14)5-12/h2-4H,5-6H2,1H3. The van der Waals surface area contributed by atoms with Gasteiger partial charge in [0, 0.05) is 11.6 Å². The summed E-state index contributed by atoms with van der Waals surface area (Å²) in [5.74, 6) is 0.529. The zero-order valence-corrected chi connectivity index (χ0v) is 9.86. The molecule has 0 radical (unpaired) electrons. The number of hydrogen-bond acceptors (Lipinski definition) is 5. The first-order chi connectivity index (χ1) is 8.24. The van der Waals surface area contributed by atoms with Crippen LogP contribution in [0, 0.1) is 0 Å². The van der Waals surface area contributed by atoms with Crippen LogP contribution in [-0.2, 0) is 9.63 Å². The minimum Gasteiger partial charge on any atom is -0.497 e. The monoisotopic (exact) mass is 255 g/mol. The number of ether oxygens (including phenoxy) is 2. The predicted octanol–water partition coefficient (Wildman–Crippen LogP) is 1.57. The van der Waals surface area contributed by atoms with Gasteiger partial charge in [0.2, 0.25) is 0 Å². The van der Waals surface area contributed by atoms with Crippen LogP contribution >= 0.6 is 11.6 Å². The average Bonchev–Trinajstić information content (AvgIpc) is 2.77. The smallest absolute Gasteiger partial charge is 0.349 e. The molecule has 0 saturated carbocycles. The molecule has 1 aromatic carbocycles. The van der Waals surface area contributed by atoms with Crippen molar-refractivity contribution in [3.05, 3.63) is 23.8 Å². The summed E-state index contributed by atoms with van der Waals surface area (Å²) in [6.45, 7) is 0.262. The van der Waals surface area contributed by atoms with Gasteiger partial charge in [-0.3, -0.25) is 0 Å². The van der Waals surface area contributed by atoms with Crippen LogP contribution in [0.15, 0.2) is 23.4 Å². The van der Waals surface area contributed by atoms with Gasteiger partial charge in [-0.1, -0.05) is 5.16 Å². The quantitative estimate of drug-likeness (QED) is 0.467. The summed E-state index contributed by atoms with van der Waals surface area (Å²) >= 11 is 5.29. The molecule has 1 aliphatic rings. The van der Waals surface area contributed by atoms with Crippen LogP contribution in [0.3, 0.4) is 0 Å². The lowest BCUT2D eigenvalue weighted by molar-refractivity contribution is -0.140. The Morgan fingerprint density at radius 2 is 2.41 bits per heavy atom. The highest BCUT2D eigenvalue weighted by Gasteiger charge is 2.21. The molecule has 0 N–H and O–H groups in total. The number of carbonyl (C=O) groups is 1. The zero-order valence-electron chi connectivity index (χ0n) is 9.10. The average molecular weight is 256 g/mol. The van der Waals surface area contributed by atoms with Crippen LogP contribution in [0.1, 0.15) is 5.56 Å². The van der Waals surface area contributed by atoms with Crippen LogP contribution in [0.4, 0.5) is 0 Å². The van der Waals surface area contributed by atoms with Crippen LogP contribution in [0.25, 0.3) is 0 Å². The van der Waals surface area contributed by atoms with Crippen LogP contribution in [0.5, 0.6) is 11.5 Å². The van der Waals surface area contributed by atoms with Crippen LogP contribution < -0.4 is 9.47 Å². The SMILES string of the molecule is COc1ccc2c(c1)OCC2=NOC(=O)CCl. The second kappa shape index (κ2) is 5.05. The Labute approximate surface area is 103 Å². The maximum Gasteiger partial charge on any atom is 0.349 e. The van der Waals surface area contributed by atoms with E-state index in [4.69, 9.17) is 21.1 Å². The number of methoxy groups -OCH3 is 1. The Hall–Kier alpha value is -1.75. The molecule has 1 aliphatic heterocycles. The van der Waals surface area contributed by atoms with Crippen LogP contribution in [0.2, 0.25) is 0 Å². The van der Waals surface area contributed by atoms with E-state index in [9.17, 15) is 4.79 Å². The van der Waals surface area contributed by atoms with Crippen molar-refractivity contribution in [2.75, 3.05) is 19.6 Å². The van der Waals surface area contributed by atoms with Crippen LogP contribution in [-0.4, -0.2) is 31.3 Å². The van der Waals surface area contributed by atoms with Gasteiger partial charge < -0.3 is 14.3 Å². The van der Waals surface area contributed by atoms with Crippen molar-refractivity contribution in [1.29, 1.82) is 0 Å². The second-order valence-corrected chi connectivity index (χ2v) is 3.55. The minimum absolute atomic E-state index is 0.229. The Morgan fingerprint density at radius 3 is 3.12 bits per heavy atom. The van der Waals surface area contributed by atoms with Gasteiger partial charge in [0.05, 0.1) is 7.11 Å². The fourth-order valence-corrected chi connectivity index (χ4v) is 1.47. The number of alkyl halides is 1. The molecule has 1 heterocycles. The third-order valence-electron chi connectivity index (χ3n) is 2.23. The van der Waals surface area contributed by atoms with Crippen molar-refractivity contribution in [2.24, 2.45) is 5.16 Å². The first-order valence-electron chi connectivity index (χ1n) is 4.88. The molecule has 5 nitrogen and oxygen atoms in total. The Kier molecular flexibility index (Phi) is 3.49. The van der Waals surface area contributed by atoms with Crippen molar-refractivity contribution in [1.82, 2.24) is 0 Å². The summed E-state index contributed by atoms with van der Waals surface area (Å²) < 4.78 is 10.5. The van der Waals surface area contributed by atoms with Gasteiger partial charge in [-0.2, -0.15) is 0 Å². The maximum atomic E-state index is 10.9. The third kappa shape index (κ3) is 2.50. The lowest BCUT2D eigenvalue weighted by atomic mass is 10.1. The van der Waals surface area contributed by atoms with Crippen molar-refractivity contribution in [2.45, 2.75) is 0 Å². The summed E-state index contributed by atoms with van der Waals surface area (Å²) in [5, 5.41) is 3.71. The van der Waals surface area contributed by atoms with E-state index in [0.29, 0.717) is 17.2 Å². The molecule has 0 unspecified atom stereocenters. The molecule has 0 aromatic heterocycles. The van der Waals surface area contributed by atoms with E-state index in [1.54, 1.807) is 25.3 Å². The highest BCUT2D eigenvalue weighted by atomic mass is 35.5. The summed E-state index contributed by atoms with van der Waals surface area (Å²) in [5.41, 5.74) is 1.34. The lowest BCUT2D eigenvalue weighted by Crippen LogP contribution is -2.07. The number of hydrogen-bond donors (Lipinski definition) is 0. The molecule has 0 amide bonds. The molecule has 0 atom stereocenters. The van der Waals surface area contributed by atoms with Gasteiger partial charge in [0.15, 0.2) is 0 Å². The fraction of sp³-hybridized carbons (Fsp3) is 0.273. The van der Waals surface area contributed by atoms with E-state index in [0.717, 1.165) is 5.56 Å². The number of oxime groups is 1. The fourth-order valence-electron chi connectivity index (χ4n) is 1.42. The first kappa shape index (κ1) is 11.7. The summed E-state index contributed by atoms with van der Waals surface area (Å²) in [4.78, 5) is 15.5. The van der Waals surface area contributed by atoms with E-state index in [1.807, 2.05) is 0 Å². The molecule has 0 saturated heterocycles. The number of nitrogens with zero attached hydrogens (tertiary/aromatic N) is 1. The molecular formula is C11H10ClNO4. The van der Waals surface area contributed by atoms with Crippen molar-refractivity contribution in [3.8, 4) is 11.5 Å². The van der Waals surface area contributed by atoms with Gasteiger partial charge in [0.25, 0.3) is 0 Å². The Morgan fingerprint density at radius 1 is 1.59 bits per heavy atom. The normalized spacial score (nSPS) is 15.3. The predicted molar refractivity (Wildman–Crippen MR) is 61.8 cm³/mol. The molecule has 90 valence electrons. The highest BCUT2D eigenvalue weighted by Crippen LogP contribution is 2.29. The molecular weight excluding hydrogens is 246 g/mol. The maximum absolute atomic E-state index is 10.9. The minimum atomic E-state index is -0.596. The van der Waals surface area contributed by atoms with Crippen molar-refractivity contribution >= 4 is 23.3 Å². The van der Waals surface area contributed by atoms with Gasteiger partial charge in [-0.05, 0) is 12.1 Å². The third-order valence-corrected chi connectivity index (χ3v) is 2.45. The van der Waals surface area contributed by atoms with E-state index < -0.39 is 5.97 Å². The van der Waals surface area contributed by atoms with E-state index in [2.05, 4.69) is 9.99 Å². The molecule has 17 heavy (non-hydrogen) atoms. The molecule has 1 aromatic rings. The molecule has 0 aliphatic carbocycles. The second-order valence-electron chi connectivity index (χ2n) is 3.29. The summed E-state index contributed by atoms with van der Waals surface area (Å²) in [7, 11) is 1.58. The van der Waals surface area contributed by atoms with Gasteiger partial charge in [-0.25, -0.2) is 4.79 Å². The molecule has 2 rings (SSSR count). The number of rotatable bonds is 3. The van der Waals surface area contributed by atoms with E-state index in [-0.39, 0.29) is 12.5 Å². The number of halogens is 1. The number of fused-ring (bicyclic) bond motifs is 1. The van der Waals surface area contributed by atoms with Gasteiger partial charge in [0.1, 0.15) is 29.7 Å². The molecule has 0 bridgehead atoms. The van der Waals surface area contributed by atoms with Gasteiger partial charge in [-0.15, -0.1) is 11.6 Å². The number of carbonyl (C=O) groups excluding carboxylic acids is 1. The molecule has 0 fully saturated rings. The Balaban J connectivity index is 2.19. The van der Waals surface area contributed by atoms with Crippen molar-refractivity contribution in [3.63, 3.8) is 0 Å². The molecule has 6 heteroatoms. The summed E-state index contributed by atoms with van der Waals surface area (Å²) in [6, 6.07) is 5.34. The van der Waals surface area contributed by atoms with Gasteiger partial charge >= 0.3 is 5.97 Å². The Bertz CT molecular complexity index is 473. The van der Waals surface area contributed by atoms with E-state index in [1.165, 1.54) is 0 Å². The highest BCUT2D eigenvalue weighted by molar-refractivity contribution is 6.26. The molecule has 0 spiro atoms. The topological polar surface area (TPSA) is 57.1 Å². The van der Waals surface area contributed by atoms with E-state index >= 15 is 0 Å². The van der Waals surface area contributed by atoms with Crippen molar-refractivity contribution < 1.29 is 19.1 Å². The first-order valence-corrected chi connectivity index (χ1v) is 5.42. The lowest BCUT2D eigenvalue weighted by Gasteiger charge is -2.01. The largest absolute Gasteiger partial charge is 0.497 e. The number of benzene rings is 1. The zero-order chi connectivity index (χ0) is 12.3. The summed E-state index contributed by atoms with van der Waals surface area (Å²) in [6.07, 6.45) is 0.